The Balaban J connectivity index is 1.95. The first-order chi connectivity index (χ1) is 11.0. The average Bonchev–Trinajstić information content (AvgIpc) is 2.54. The standard InChI is InChI=1S/C18H32N2O2S/c1-4-5-10-19-13-18(9-7-16(19)21)8-6-11-20(14-18)17(22)12-23-15(2)3/h15H,4-14H2,1-3H3/t18-/m1/s1. The number of hydrogen-bond donors (Lipinski definition) is 0. The highest BCUT2D eigenvalue weighted by Gasteiger charge is 2.42. The van der Waals surface area contributed by atoms with Gasteiger partial charge in [-0.3, -0.25) is 9.59 Å². The van der Waals surface area contributed by atoms with Crippen molar-refractivity contribution in [2.45, 2.75) is 64.5 Å². The van der Waals surface area contributed by atoms with Crippen molar-refractivity contribution in [2.24, 2.45) is 5.41 Å². The van der Waals surface area contributed by atoms with Crippen LogP contribution in [0.1, 0.15) is 59.3 Å². The molecule has 0 aromatic carbocycles. The number of unbranched alkanes of at least 4 members (excludes halogenated alkanes) is 1. The van der Waals surface area contributed by atoms with Gasteiger partial charge in [0.15, 0.2) is 0 Å². The molecule has 0 aromatic heterocycles. The maximum Gasteiger partial charge on any atom is 0.232 e. The lowest BCUT2D eigenvalue weighted by atomic mass is 9.73. The largest absolute Gasteiger partial charge is 0.342 e. The zero-order valence-electron chi connectivity index (χ0n) is 15.0. The molecule has 0 radical (unpaired) electrons. The van der Waals surface area contributed by atoms with Gasteiger partial charge in [-0.1, -0.05) is 27.2 Å². The van der Waals surface area contributed by atoms with Gasteiger partial charge >= 0.3 is 0 Å². The van der Waals surface area contributed by atoms with Gasteiger partial charge in [0.2, 0.25) is 11.8 Å². The molecule has 0 N–H and O–H groups in total. The summed E-state index contributed by atoms with van der Waals surface area (Å²) in [6.07, 6.45) is 6.04. The zero-order valence-corrected chi connectivity index (χ0v) is 15.8. The van der Waals surface area contributed by atoms with Crippen LogP contribution in [0, 0.1) is 5.41 Å². The number of nitrogens with zero attached hydrogens (tertiary/aromatic N) is 2. The molecular formula is C18H32N2O2S. The number of piperidine rings is 2. The van der Waals surface area contributed by atoms with Crippen LogP contribution in [0.4, 0.5) is 0 Å². The van der Waals surface area contributed by atoms with Crippen molar-refractivity contribution < 1.29 is 9.59 Å². The van der Waals surface area contributed by atoms with Crippen LogP contribution in [0.5, 0.6) is 0 Å². The quantitative estimate of drug-likeness (QED) is 0.746. The van der Waals surface area contributed by atoms with Gasteiger partial charge < -0.3 is 9.80 Å². The van der Waals surface area contributed by atoms with Crippen molar-refractivity contribution in [3.05, 3.63) is 0 Å². The van der Waals surface area contributed by atoms with Gasteiger partial charge in [0.05, 0.1) is 5.75 Å². The number of hydrogen-bond acceptors (Lipinski definition) is 3. The van der Waals surface area contributed by atoms with E-state index in [-0.39, 0.29) is 11.3 Å². The first-order valence-electron chi connectivity index (χ1n) is 9.13. The van der Waals surface area contributed by atoms with Crippen LogP contribution in [0.25, 0.3) is 0 Å². The third-order valence-electron chi connectivity index (χ3n) is 5.08. The van der Waals surface area contributed by atoms with Crippen LogP contribution in [-0.4, -0.2) is 58.8 Å². The second-order valence-electron chi connectivity index (χ2n) is 7.45. The van der Waals surface area contributed by atoms with E-state index in [0.717, 1.165) is 58.3 Å². The molecule has 2 amide bonds. The van der Waals surface area contributed by atoms with Crippen molar-refractivity contribution in [3.63, 3.8) is 0 Å². The molecule has 0 aliphatic carbocycles. The fourth-order valence-electron chi connectivity index (χ4n) is 3.74. The summed E-state index contributed by atoms with van der Waals surface area (Å²) in [4.78, 5) is 28.8. The Morgan fingerprint density at radius 2 is 2.09 bits per heavy atom. The zero-order chi connectivity index (χ0) is 16.9. The number of amides is 2. The third-order valence-corrected chi connectivity index (χ3v) is 6.16. The molecule has 2 rings (SSSR count). The number of likely N-dealkylation sites (tertiary alicyclic amines) is 2. The lowest BCUT2D eigenvalue weighted by Gasteiger charge is -2.48. The molecule has 0 saturated carbocycles. The van der Waals surface area contributed by atoms with Crippen molar-refractivity contribution >= 4 is 23.6 Å². The molecule has 132 valence electrons. The fraction of sp³-hybridized carbons (Fsp3) is 0.889. The van der Waals surface area contributed by atoms with Crippen LogP contribution < -0.4 is 0 Å². The van der Waals surface area contributed by atoms with Crippen molar-refractivity contribution in [3.8, 4) is 0 Å². The van der Waals surface area contributed by atoms with Gasteiger partial charge in [0, 0.05) is 38.0 Å². The molecule has 2 aliphatic heterocycles. The third kappa shape index (κ3) is 5.13. The van der Waals surface area contributed by atoms with E-state index in [0.29, 0.717) is 23.3 Å². The van der Waals surface area contributed by atoms with Crippen molar-refractivity contribution in [2.75, 3.05) is 31.9 Å². The van der Waals surface area contributed by atoms with Crippen molar-refractivity contribution in [1.82, 2.24) is 9.80 Å². The molecule has 0 unspecified atom stereocenters. The first kappa shape index (κ1) is 18.6. The Morgan fingerprint density at radius 1 is 1.30 bits per heavy atom. The van der Waals surface area contributed by atoms with Crippen LogP contribution in [0.3, 0.4) is 0 Å². The number of rotatable bonds is 6. The smallest absolute Gasteiger partial charge is 0.232 e. The molecule has 23 heavy (non-hydrogen) atoms. The molecule has 2 heterocycles. The summed E-state index contributed by atoms with van der Waals surface area (Å²) in [6.45, 7) is 9.91. The van der Waals surface area contributed by atoms with Crippen LogP contribution in [0.15, 0.2) is 0 Å². The molecule has 2 fully saturated rings. The molecular weight excluding hydrogens is 308 g/mol. The molecule has 4 nitrogen and oxygen atoms in total. The molecule has 2 saturated heterocycles. The maximum atomic E-state index is 12.5. The highest BCUT2D eigenvalue weighted by molar-refractivity contribution is 8.00. The van der Waals surface area contributed by atoms with E-state index in [2.05, 4.69) is 30.6 Å². The summed E-state index contributed by atoms with van der Waals surface area (Å²) in [7, 11) is 0. The van der Waals surface area contributed by atoms with E-state index in [9.17, 15) is 9.59 Å². The Hall–Kier alpha value is -0.710. The minimum Gasteiger partial charge on any atom is -0.342 e. The number of carbonyl (C=O) groups excluding carboxylic acids is 2. The SMILES string of the molecule is CCCCN1C[C@@]2(CCCN(C(=O)CSC(C)C)C2)CCC1=O. The lowest BCUT2D eigenvalue weighted by molar-refractivity contribution is -0.142. The lowest BCUT2D eigenvalue weighted by Crippen LogP contribution is -2.55. The van der Waals surface area contributed by atoms with Crippen LogP contribution in [0.2, 0.25) is 0 Å². The van der Waals surface area contributed by atoms with E-state index in [4.69, 9.17) is 0 Å². The Bertz CT molecular complexity index is 427. The number of thioether (sulfide) groups is 1. The van der Waals surface area contributed by atoms with E-state index >= 15 is 0 Å². The first-order valence-corrected chi connectivity index (χ1v) is 10.2. The molecule has 5 heteroatoms. The van der Waals surface area contributed by atoms with Gasteiger partial charge in [0.1, 0.15) is 0 Å². The van der Waals surface area contributed by atoms with Gasteiger partial charge in [-0.25, -0.2) is 0 Å². The van der Waals surface area contributed by atoms with E-state index in [1.165, 1.54) is 0 Å². The molecule has 0 bridgehead atoms. The summed E-state index contributed by atoms with van der Waals surface area (Å²) < 4.78 is 0. The maximum absolute atomic E-state index is 12.5. The minimum atomic E-state index is 0.151. The molecule has 1 spiro atoms. The van der Waals surface area contributed by atoms with Gasteiger partial charge in [-0.2, -0.15) is 0 Å². The van der Waals surface area contributed by atoms with E-state index < -0.39 is 0 Å². The highest BCUT2D eigenvalue weighted by Crippen LogP contribution is 2.39. The molecule has 0 aromatic rings. The minimum absolute atomic E-state index is 0.151. The monoisotopic (exact) mass is 340 g/mol. The average molecular weight is 341 g/mol. The summed E-state index contributed by atoms with van der Waals surface area (Å²) in [6, 6.07) is 0. The fourth-order valence-corrected chi connectivity index (χ4v) is 4.40. The Labute approximate surface area is 145 Å². The number of carbonyl (C=O) groups is 2. The second kappa shape index (κ2) is 8.41. The molecule has 1 atom stereocenters. The summed E-state index contributed by atoms with van der Waals surface area (Å²) >= 11 is 1.72. The predicted octanol–water partition coefficient (Wildman–Crippen LogP) is 3.16. The Kier molecular flexibility index (Phi) is 6.81. The molecule has 2 aliphatic rings. The summed E-state index contributed by atoms with van der Waals surface area (Å²) in [5, 5.41) is 0.495. The summed E-state index contributed by atoms with van der Waals surface area (Å²) in [5.74, 6) is 1.18. The van der Waals surface area contributed by atoms with Gasteiger partial charge in [0.25, 0.3) is 0 Å². The van der Waals surface area contributed by atoms with E-state index in [1.54, 1.807) is 11.8 Å². The second-order valence-corrected chi connectivity index (χ2v) is 9.01. The summed E-state index contributed by atoms with van der Waals surface area (Å²) in [5.41, 5.74) is 0.151. The normalized spacial score (nSPS) is 25.5. The van der Waals surface area contributed by atoms with Gasteiger partial charge in [-0.15, -0.1) is 11.8 Å². The van der Waals surface area contributed by atoms with Gasteiger partial charge in [-0.05, 0) is 30.9 Å². The highest BCUT2D eigenvalue weighted by atomic mass is 32.2. The van der Waals surface area contributed by atoms with Crippen molar-refractivity contribution in [1.29, 1.82) is 0 Å². The predicted molar refractivity (Wildman–Crippen MR) is 96.6 cm³/mol. The van der Waals surface area contributed by atoms with Crippen LogP contribution >= 0.6 is 11.8 Å². The topological polar surface area (TPSA) is 40.6 Å². The Morgan fingerprint density at radius 3 is 2.78 bits per heavy atom. The van der Waals surface area contributed by atoms with Crippen LogP contribution in [-0.2, 0) is 9.59 Å². The van der Waals surface area contributed by atoms with E-state index in [1.807, 2.05) is 0 Å².